The van der Waals surface area contributed by atoms with Crippen LogP contribution in [0.5, 0.6) is 0 Å². The fraction of sp³-hybridized carbons (Fsp3) is 0.0500. The third-order valence-electron chi connectivity index (χ3n) is 3.88. The van der Waals surface area contributed by atoms with E-state index in [1.54, 1.807) is 6.07 Å². The molecule has 0 unspecified atom stereocenters. The molecule has 126 valence electrons. The topological polar surface area (TPSA) is 44.6 Å². The van der Waals surface area contributed by atoms with Gasteiger partial charge in [0.15, 0.2) is 0 Å². The van der Waals surface area contributed by atoms with Crippen LogP contribution in [0.4, 0.5) is 11.4 Å². The van der Waals surface area contributed by atoms with Gasteiger partial charge in [-0.1, -0.05) is 64.8 Å². The first kappa shape index (κ1) is 17.3. The number of anilines is 2. The molecule has 0 aliphatic rings. The van der Waals surface area contributed by atoms with E-state index in [1.807, 2.05) is 67.6 Å². The van der Waals surface area contributed by atoms with Crippen molar-refractivity contribution in [3.63, 3.8) is 0 Å². The van der Waals surface area contributed by atoms with Gasteiger partial charge in [-0.2, -0.15) is 0 Å². The average Bonchev–Trinajstić information content (AvgIpc) is 2.61. The van der Waals surface area contributed by atoms with Gasteiger partial charge in [-0.05, 0) is 42.8 Å². The number of benzene rings is 3. The summed E-state index contributed by atoms with van der Waals surface area (Å²) in [6, 6.07) is 20.6. The summed E-state index contributed by atoms with van der Waals surface area (Å²) >= 11 is 12.6. The Balaban J connectivity index is 1.94. The van der Waals surface area contributed by atoms with Gasteiger partial charge in [-0.25, -0.2) is 0 Å². The summed E-state index contributed by atoms with van der Waals surface area (Å²) in [7, 11) is 0. The van der Waals surface area contributed by atoms with Crippen molar-refractivity contribution in [1.82, 2.24) is 0 Å². The standard InChI is InChI=1S/C20H16Cl2N2O/c1-13-6-2-3-7-15(13)20(24-25)16-11-10-14(12-18(16)22)23-19-9-5-4-8-17(19)21/h2-12,23,25H,1H3/b24-20-. The lowest BCUT2D eigenvalue weighted by molar-refractivity contribution is 0.319. The van der Waals surface area contributed by atoms with Crippen molar-refractivity contribution < 1.29 is 5.21 Å². The molecule has 3 rings (SSSR count). The van der Waals surface area contributed by atoms with Crippen LogP contribution < -0.4 is 5.32 Å². The molecule has 0 fully saturated rings. The van der Waals surface area contributed by atoms with Crippen molar-refractivity contribution in [1.29, 1.82) is 0 Å². The molecule has 0 heterocycles. The van der Waals surface area contributed by atoms with E-state index in [-0.39, 0.29) is 0 Å². The fourth-order valence-corrected chi connectivity index (χ4v) is 3.05. The van der Waals surface area contributed by atoms with Gasteiger partial charge in [0, 0.05) is 16.8 Å². The third kappa shape index (κ3) is 3.78. The van der Waals surface area contributed by atoms with Crippen LogP contribution in [-0.2, 0) is 0 Å². The van der Waals surface area contributed by atoms with E-state index >= 15 is 0 Å². The lowest BCUT2D eigenvalue weighted by Crippen LogP contribution is -2.06. The summed E-state index contributed by atoms with van der Waals surface area (Å²) in [5, 5.41) is 17.3. The third-order valence-corrected chi connectivity index (χ3v) is 4.52. The van der Waals surface area contributed by atoms with Crippen molar-refractivity contribution in [2.75, 3.05) is 5.32 Å². The number of aryl methyl sites for hydroxylation is 1. The molecule has 5 heteroatoms. The molecule has 3 nitrogen and oxygen atoms in total. The van der Waals surface area contributed by atoms with Crippen LogP contribution in [0.1, 0.15) is 16.7 Å². The van der Waals surface area contributed by atoms with Gasteiger partial charge in [-0.15, -0.1) is 0 Å². The minimum Gasteiger partial charge on any atom is -0.410 e. The van der Waals surface area contributed by atoms with E-state index in [4.69, 9.17) is 23.2 Å². The number of hydrogen-bond acceptors (Lipinski definition) is 3. The SMILES string of the molecule is Cc1ccccc1/C(=N/O)c1ccc(Nc2ccccc2Cl)cc1Cl. The summed E-state index contributed by atoms with van der Waals surface area (Å²) in [6.45, 7) is 1.96. The number of halogens is 2. The van der Waals surface area contributed by atoms with Gasteiger partial charge in [0.25, 0.3) is 0 Å². The maximum absolute atomic E-state index is 9.52. The Morgan fingerprint density at radius 2 is 1.60 bits per heavy atom. The monoisotopic (exact) mass is 370 g/mol. The van der Waals surface area contributed by atoms with Gasteiger partial charge < -0.3 is 10.5 Å². The summed E-state index contributed by atoms with van der Waals surface area (Å²) in [6.07, 6.45) is 0. The summed E-state index contributed by atoms with van der Waals surface area (Å²) < 4.78 is 0. The Labute approximate surface area is 156 Å². The highest BCUT2D eigenvalue weighted by atomic mass is 35.5. The molecule has 0 aromatic heterocycles. The van der Waals surface area contributed by atoms with Crippen LogP contribution in [0.2, 0.25) is 10.0 Å². The van der Waals surface area contributed by atoms with Crippen LogP contribution in [0.15, 0.2) is 71.9 Å². The van der Waals surface area contributed by atoms with E-state index in [2.05, 4.69) is 10.5 Å². The van der Waals surface area contributed by atoms with Crippen LogP contribution >= 0.6 is 23.2 Å². The van der Waals surface area contributed by atoms with E-state index in [0.29, 0.717) is 21.3 Å². The van der Waals surface area contributed by atoms with Gasteiger partial charge in [-0.3, -0.25) is 0 Å². The largest absolute Gasteiger partial charge is 0.410 e. The molecule has 0 amide bonds. The Hall–Kier alpha value is -2.49. The second kappa shape index (κ2) is 7.60. The first-order valence-electron chi connectivity index (χ1n) is 7.69. The quantitative estimate of drug-likeness (QED) is 0.322. The molecule has 25 heavy (non-hydrogen) atoms. The second-order valence-electron chi connectivity index (χ2n) is 5.56. The van der Waals surface area contributed by atoms with Crippen LogP contribution in [0, 0.1) is 6.92 Å². The zero-order valence-corrected chi connectivity index (χ0v) is 15.0. The van der Waals surface area contributed by atoms with E-state index < -0.39 is 0 Å². The molecule has 0 atom stereocenters. The van der Waals surface area contributed by atoms with E-state index in [9.17, 15) is 5.21 Å². The van der Waals surface area contributed by atoms with Crippen LogP contribution in [-0.4, -0.2) is 10.9 Å². The van der Waals surface area contributed by atoms with Crippen molar-refractivity contribution in [3.05, 3.63) is 93.5 Å². The molecule has 0 aliphatic heterocycles. The van der Waals surface area contributed by atoms with Gasteiger partial charge in [0.05, 0.1) is 15.7 Å². The number of para-hydroxylation sites is 1. The van der Waals surface area contributed by atoms with E-state index in [1.165, 1.54) is 0 Å². The molecule has 2 N–H and O–H groups in total. The number of oxime groups is 1. The lowest BCUT2D eigenvalue weighted by atomic mass is 9.98. The molecular formula is C20H16Cl2N2O. The van der Waals surface area contributed by atoms with Crippen molar-refractivity contribution >= 4 is 40.3 Å². The minimum absolute atomic E-state index is 0.437. The highest BCUT2D eigenvalue weighted by Gasteiger charge is 2.14. The van der Waals surface area contributed by atoms with Crippen molar-refractivity contribution in [3.8, 4) is 0 Å². The molecule has 0 radical (unpaired) electrons. The number of rotatable bonds is 4. The van der Waals surface area contributed by atoms with Crippen LogP contribution in [0.25, 0.3) is 0 Å². The minimum atomic E-state index is 0.437. The maximum atomic E-state index is 9.52. The highest BCUT2D eigenvalue weighted by Crippen LogP contribution is 2.29. The smallest absolute Gasteiger partial charge is 0.118 e. The number of hydrogen-bond donors (Lipinski definition) is 2. The lowest BCUT2D eigenvalue weighted by Gasteiger charge is -2.13. The normalized spacial score (nSPS) is 11.4. The molecule has 0 spiro atoms. The van der Waals surface area contributed by atoms with E-state index in [0.717, 1.165) is 22.5 Å². The second-order valence-corrected chi connectivity index (χ2v) is 6.38. The maximum Gasteiger partial charge on any atom is 0.118 e. The number of nitrogens with one attached hydrogen (secondary N) is 1. The summed E-state index contributed by atoms with van der Waals surface area (Å²) in [4.78, 5) is 0. The zero-order chi connectivity index (χ0) is 17.8. The molecule has 0 saturated heterocycles. The molecule has 0 saturated carbocycles. The summed E-state index contributed by atoms with van der Waals surface area (Å²) in [5.41, 5.74) is 4.52. The molecule has 3 aromatic rings. The van der Waals surface area contributed by atoms with Crippen molar-refractivity contribution in [2.24, 2.45) is 5.16 Å². The number of nitrogens with zero attached hydrogens (tertiary/aromatic N) is 1. The predicted octanol–water partition coefficient (Wildman–Crippen LogP) is 6.27. The Morgan fingerprint density at radius 1 is 0.880 bits per heavy atom. The molecule has 0 aliphatic carbocycles. The molecule has 0 bridgehead atoms. The highest BCUT2D eigenvalue weighted by molar-refractivity contribution is 6.36. The molecular weight excluding hydrogens is 355 g/mol. The first-order valence-corrected chi connectivity index (χ1v) is 8.45. The van der Waals surface area contributed by atoms with Gasteiger partial charge in [0.2, 0.25) is 0 Å². The Kier molecular flexibility index (Phi) is 5.27. The van der Waals surface area contributed by atoms with Gasteiger partial charge >= 0.3 is 0 Å². The van der Waals surface area contributed by atoms with Gasteiger partial charge in [0.1, 0.15) is 5.71 Å². The van der Waals surface area contributed by atoms with Crippen LogP contribution in [0.3, 0.4) is 0 Å². The zero-order valence-electron chi connectivity index (χ0n) is 13.5. The Bertz CT molecular complexity index is 938. The predicted molar refractivity (Wildman–Crippen MR) is 105 cm³/mol. The summed E-state index contributed by atoms with van der Waals surface area (Å²) in [5.74, 6) is 0. The first-order chi connectivity index (χ1) is 12.1. The molecule has 3 aromatic carbocycles. The fourth-order valence-electron chi connectivity index (χ4n) is 2.59. The Morgan fingerprint density at radius 3 is 2.28 bits per heavy atom. The average molecular weight is 371 g/mol. The van der Waals surface area contributed by atoms with Crippen molar-refractivity contribution in [2.45, 2.75) is 6.92 Å².